The van der Waals surface area contributed by atoms with Crippen LogP contribution < -0.4 is 5.32 Å². The molecule has 2 aromatic rings. The van der Waals surface area contributed by atoms with Crippen molar-refractivity contribution < 1.29 is 9.18 Å². The molecule has 0 bridgehead atoms. The first-order valence-electron chi connectivity index (χ1n) is 5.86. The highest BCUT2D eigenvalue weighted by Gasteiger charge is 2.14. The lowest BCUT2D eigenvalue weighted by Crippen LogP contribution is -2.23. The van der Waals surface area contributed by atoms with E-state index in [4.69, 9.17) is 11.6 Å². The van der Waals surface area contributed by atoms with Crippen LogP contribution in [-0.4, -0.2) is 5.91 Å². The van der Waals surface area contributed by atoms with Crippen molar-refractivity contribution in [2.24, 2.45) is 0 Å². The molecule has 0 radical (unpaired) electrons. The molecule has 98 valence electrons. The summed E-state index contributed by atoms with van der Waals surface area (Å²) < 4.78 is 13.3. The van der Waals surface area contributed by atoms with Gasteiger partial charge in [0.1, 0.15) is 5.82 Å². The minimum absolute atomic E-state index is 0.158. The van der Waals surface area contributed by atoms with Crippen molar-refractivity contribution in [1.82, 2.24) is 5.32 Å². The van der Waals surface area contributed by atoms with Gasteiger partial charge in [0.2, 0.25) is 0 Å². The fourth-order valence-electron chi connectivity index (χ4n) is 1.71. The van der Waals surface area contributed by atoms with E-state index in [0.717, 1.165) is 5.56 Å². The molecule has 1 amide bonds. The molecule has 2 rings (SSSR count). The molecule has 0 spiro atoms. The first-order valence-corrected chi connectivity index (χ1v) is 6.24. The maximum atomic E-state index is 13.3. The molecular weight excluding hydrogens is 265 g/mol. The monoisotopic (exact) mass is 277 g/mol. The van der Waals surface area contributed by atoms with Gasteiger partial charge in [0.25, 0.3) is 5.91 Å². The Balaban J connectivity index is 2.11. The number of hydrogen-bond acceptors (Lipinski definition) is 1. The quantitative estimate of drug-likeness (QED) is 0.910. The minimum atomic E-state index is -0.412. The number of hydrogen-bond donors (Lipinski definition) is 1. The Bertz CT molecular complexity index is 599. The maximum Gasteiger partial charge on any atom is 0.253 e. The van der Waals surface area contributed by atoms with Crippen LogP contribution in [0.5, 0.6) is 0 Å². The number of halogens is 2. The SMILES string of the molecule is Cc1c(F)ccc(C(=O)NCc2ccccc2)c1Cl. The molecule has 4 heteroatoms. The van der Waals surface area contributed by atoms with E-state index in [1.54, 1.807) is 6.92 Å². The van der Waals surface area contributed by atoms with Gasteiger partial charge in [-0.25, -0.2) is 4.39 Å². The lowest BCUT2D eigenvalue weighted by atomic mass is 10.1. The van der Waals surface area contributed by atoms with Crippen LogP contribution in [0.15, 0.2) is 42.5 Å². The van der Waals surface area contributed by atoms with Crippen LogP contribution in [0.4, 0.5) is 4.39 Å². The Morgan fingerprint density at radius 3 is 2.58 bits per heavy atom. The third-order valence-electron chi connectivity index (χ3n) is 2.86. The van der Waals surface area contributed by atoms with Crippen molar-refractivity contribution in [1.29, 1.82) is 0 Å². The normalized spacial score (nSPS) is 10.3. The Morgan fingerprint density at radius 2 is 1.89 bits per heavy atom. The van der Waals surface area contributed by atoms with Gasteiger partial charge in [0.15, 0.2) is 0 Å². The molecule has 0 heterocycles. The summed E-state index contributed by atoms with van der Waals surface area (Å²) in [6, 6.07) is 12.2. The van der Waals surface area contributed by atoms with Crippen molar-refractivity contribution in [2.75, 3.05) is 0 Å². The summed E-state index contributed by atoms with van der Waals surface area (Å²) in [5, 5.41) is 2.91. The molecule has 0 aliphatic carbocycles. The Hall–Kier alpha value is -1.87. The summed E-state index contributed by atoms with van der Waals surface area (Å²) in [4.78, 5) is 12.0. The fraction of sp³-hybridized carbons (Fsp3) is 0.133. The van der Waals surface area contributed by atoms with Gasteiger partial charge >= 0.3 is 0 Å². The molecule has 0 atom stereocenters. The lowest BCUT2D eigenvalue weighted by molar-refractivity contribution is 0.0951. The number of carbonyl (C=O) groups excluding carboxylic acids is 1. The van der Waals surface area contributed by atoms with Crippen molar-refractivity contribution in [3.05, 3.63) is 70.0 Å². The highest BCUT2D eigenvalue weighted by molar-refractivity contribution is 6.34. The molecule has 0 saturated heterocycles. The molecule has 0 unspecified atom stereocenters. The van der Waals surface area contributed by atoms with Gasteiger partial charge < -0.3 is 5.32 Å². The molecular formula is C15H13ClFNO. The average Bonchev–Trinajstić information content (AvgIpc) is 2.43. The molecule has 2 nitrogen and oxygen atoms in total. The second kappa shape index (κ2) is 5.85. The van der Waals surface area contributed by atoms with E-state index in [1.807, 2.05) is 30.3 Å². The predicted molar refractivity (Wildman–Crippen MR) is 73.8 cm³/mol. The molecule has 0 fully saturated rings. The number of rotatable bonds is 3. The fourth-order valence-corrected chi connectivity index (χ4v) is 1.95. The molecule has 0 saturated carbocycles. The van der Waals surface area contributed by atoms with Crippen molar-refractivity contribution in [2.45, 2.75) is 13.5 Å². The van der Waals surface area contributed by atoms with Gasteiger partial charge in [0, 0.05) is 12.1 Å². The average molecular weight is 278 g/mol. The highest BCUT2D eigenvalue weighted by Crippen LogP contribution is 2.23. The topological polar surface area (TPSA) is 29.1 Å². The van der Waals surface area contributed by atoms with Gasteiger partial charge in [0.05, 0.1) is 10.6 Å². The molecule has 0 aliphatic heterocycles. The summed E-state index contributed by atoms with van der Waals surface area (Å²) >= 11 is 5.97. The molecule has 0 aromatic heterocycles. The highest BCUT2D eigenvalue weighted by atomic mass is 35.5. The van der Waals surface area contributed by atoms with Crippen LogP contribution in [0.2, 0.25) is 5.02 Å². The van der Waals surface area contributed by atoms with Crippen LogP contribution in [0.3, 0.4) is 0 Å². The molecule has 2 aromatic carbocycles. The van der Waals surface area contributed by atoms with Crippen LogP contribution in [0, 0.1) is 12.7 Å². The van der Waals surface area contributed by atoms with Gasteiger partial charge in [-0.2, -0.15) is 0 Å². The number of amides is 1. The zero-order chi connectivity index (χ0) is 13.8. The van der Waals surface area contributed by atoms with Gasteiger partial charge in [-0.3, -0.25) is 4.79 Å². The van der Waals surface area contributed by atoms with Gasteiger partial charge in [-0.15, -0.1) is 0 Å². The van der Waals surface area contributed by atoms with Crippen molar-refractivity contribution in [3.63, 3.8) is 0 Å². The summed E-state index contributed by atoms with van der Waals surface area (Å²) in [7, 11) is 0. The third-order valence-corrected chi connectivity index (χ3v) is 3.35. The minimum Gasteiger partial charge on any atom is -0.348 e. The first kappa shape index (κ1) is 13.6. The van der Waals surface area contributed by atoms with E-state index in [-0.39, 0.29) is 22.1 Å². The maximum absolute atomic E-state index is 13.3. The van der Waals surface area contributed by atoms with Crippen LogP contribution in [0.1, 0.15) is 21.5 Å². The Morgan fingerprint density at radius 1 is 1.21 bits per heavy atom. The molecule has 0 aliphatic rings. The van der Waals surface area contributed by atoms with Crippen LogP contribution >= 0.6 is 11.6 Å². The summed E-state index contributed by atoms with van der Waals surface area (Å²) in [6.45, 7) is 1.96. The zero-order valence-electron chi connectivity index (χ0n) is 10.4. The number of nitrogens with one attached hydrogen (secondary N) is 1. The van der Waals surface area contributed by atoms with Gasteiger partial charge in [-0.1, -0.05) is 41.9 Å². The second-order valence-electron chi connectivity index (χ2n) is 4.20. The van der Waals surface area contributed by atoms with E-state index >= 15 is 0 Å². The van der Waals surface area contributed by atoms with E-state index < -0.39 is 5.82 Å². The molecule has 19 heavy (non-hydrogen) atoms. The molecule has 1 N–H and O–H groups in total. The van der Waals surface area contributed by atoms with Crippen LogP contribution in [-0.2, 0) is 6.54 Å². The summed E-state index contributed by atoms with van der Waals surface area (Å²) in [5.74, 6) is -0.721. The van der Waals surface area contributed by atoms with E-state index in [0.29, 0.717) is 6.54 Å². The lowest BCUT2D eigenvalue weighted by Gasteiger charge is -2.09. The largest absolute Gasteiger partial charge is 0.348 e. The van der Waals surface area contributed by atoms with Crippen LogP contribution in [0.25, 0.3) is 0 Å². The van der Waals surface area contributed by atoms with Crippen molar-refractivity contribution >= 4 is 17.5 Å². The smallest absolute Gasteiger partial charge is 0.253 e. The van der Waals surface area contributed by atoms with Crippen molar-refractivity contribution in [3.8, 4) is 0 Å². The number of benzene rings is 2. The Kier molecular flexibility index (Phi) is 4.17. The summed E-state index contributed by atoms with van der Waals surface area (Å²) in [6.07, 6.45) is 0. The Labute approximate surface area is 116 Å². The predicted octanol–water partition coefficient (Wildman–Crippen LogP) is 3.72. The van der Waals surface area contributed by atoms with E-state index in [2.05, 4.69) is 5.32 Å². The zero-order valence-corrected chi connectivity index (χ0v) is 11.2. The first-order chi connectivity index (χ1) is 9.09. The number of carbonyl (C=O) groups is 1. The second-order valence-corrected chi connectivity index (χ2v) is 4.58. The van der Waals surface area contributed by atoms with Gasteiger partial charge in [-0.05, 0) is 24.6 Å². The standard InChI is InChI=1S/C15H13ClFNO/c1-10-13(17)8-7-12(14(10)16)15(19)18-9-11-5-3-2-4-6-11/h2-8H,9H2,1H3,(H,18,19). The van der Waals surface area contributed by atoms with E-state index in [1.165, 1.54) is 12.1 Å². The van der Waals surface area contributed by atoms with E-state index in [9.17, 15) is 9.18 Å². The third kappa shape index (κ3) is 3.12. The summed E-state index contributed by atoms with van der Waals surface area (Å²) in [5.41, 5.74) is 1.57.